The van der Waals surface area contributed by atoms with Gasteiger partial charge in [0.15, 0.2) is 0 Å². The first-order valence-electron chi connectivity index (χ1n) is 10.1. The Morgan fingerprint density at radius 1 is 1.12 bits per heavy atom. The molecule has 0 unspecified atom stereocenters. The van der Waals surface area contributed by atoms with Crippen molar-refractivity contribution in [1.29, 1.82) is 0 Å². The van der Waals surface area contributed by atoms with Crippen LogP contribution in [0, 0.1) is 13.8 Å². The Bertz CT molecular complexity index is 1360. The molecule has 0 aliphatic rings. The van der Waals surface area contributed by atoms with Crippen LogP contribution < -0.4 is 15.6 Å². The van der Waals surface area contributed by atoms with E-state index >= 15 is 0 Å². The molecular formula is C24H24N4O3S. The first-order valence-corrected chi connectivity index (χ1v) is 11.1. The second kappa shape index (κ2) is 8.92. The van der Waals surface area contributed by atoms with E-state index in [4.69, 9.17) is 4.74 Å². The summed E-state index contributed by atoms with van der Waals surface area (Å²) in [6, 6.07) is 17.1. The quantitative estimate of drug-likeness (QED) is 0.450. The molecule has 0 aliphatic heterocycles. The third-order valence-corrected chi connectivity index (χ3v) is 6.29. The fourth-order valence-corrected chi connectivity index (χ4v) is 4.39. The number of aromatic nitrogens is 3. The van der Waals surface area contributed by atoms with Crippen LogP contribution in [0.5, 0.6) is 5.75 Å². The number of methoxy groups -OCH3 is 1. The van der Waals surface area contributed by atoms with Gasteiger partial charge in [-0.3, -0.25) is 14.3 Å². The van der Waals surface area contributed by atoms with E-state index in [1.165, 1.54) is 11.8 Å². The second-order valence-corrected chi connectivity index (χ2v) is 8.40. The lowest BCUT2D eigenvalue weighted by Gasteiger charge is -2.09. The predicted octanol–water partition coefficient (Wildman–Crippen LogP) is 4.08. The minimum atomic E-state index is -0.265. The van der Waals surface area contributed by atoms with Crippen LogP contribution in [-0.4, -0.2) is 33.1 Å². The molecule has 4 rings (SSSR count). The first kappa shape index (κ1) is 21.7. The van der Waals surface area contributed by atoms with Crippen LogP contribution in [0.15, 0.2) is 64.4 Å². The lowest BCUT2D eigenvalue weighted by atomic mass is 10.1. The lowest BCUT2D eigenvalue weighted by Crippen LogP contribution is -2.23. The predicted molar refractivity (Wildman–Crippen MR) is 128 cm³/mol. The molecule has 0 fully saturated rings. The van der Waals surface area contributed by atoms with Crippen LogP contribution >= 0.6 is 11.8 Å². The van der Waals surface area contributed by atoms with Gasteiger partial charge in [-0.05, 0) is 43.7 Å². The van der Waals surface area contributed by atoms with Gasteiger partial charge >= 0.3 is 0 Å². The number of nitrogens with one attached hydrogen (secondary N) is 1. The minimum Gasteiger partial charge on any atom is -0.494 e. The highest BCUT2D eigenvalue weighted by Crippen LogP contribution is 2.29. The summed E-state index contributed by atoms with van der Waals surface area (Å²) in [4.78, 5) is 30.3. The van der Waals surface area contributed by atoms with Crippen molar-refractivity contribution in [3.63, 3.8) is 0 Å². The van der Waals surface area contributed by atoms with E-state index in [0.717, 1.165) is 27.2 Å². The normalized spacial score (nSPS) is 11.0. The summed E-state index contributed by atoms with van der Waals surface area (Å²) in [6.07, 6.45) is 0. The highest BCUT2D eigenvalue weighted by atomic mass is 32.2. The molecule has 2 heterocycles. The molecule has 0 spiro atoms. The SMILES string of the molecule is COc1cccc2c(C)cc(SCC(=O)Nc3c(C)n(C)n(-c4ccccc4)c3=O)nc12. The van der Waals surface area contributed by atoms with E-state index in [9.17, 15) is 9.59 Å². The van der Waals surface area contributed by atoms with Gasteiger partial charge in [-0.15, -0.1) is 0 Å². The number of para-hydroxylation sites is 2. The number of aryl methyl sites for hydroxylation is 1. The van der Waals surface area contributed by atoms with E-state index in [0.29, 0.717) is 11.4 Å². The Balaban J connectivity index is 1.54. The van der Waals surface area contributed by atoms with E-state index < -0.39 is 0 Å². The number of ether oxygens (including phenoxy) is 1. The molecule has 0 bridgehead atoms. The molecule has 1 amide bonds. The van der Waals surface area contributed by atoms with E-state index in [1.807, 2.05) is 68.4 Å². The summed E-state index contributed by atoms with van der Waals surface area (Å²) in [5.41, 5.74) is 3.26. The van der Waals surface area contributed by atoms with Crippen LogP contribution in [0.3, 0.4) is 0 Å². The zero-order chi connectivity index (χ0) is 22.8. The molecule has 8 heteroatoms. The number of amides is 1. The smallest absolute Gasteiger partial charge is 0.295 e. The molecule has 0 atom stereocenters. The maximum Gasteiger partial charge on any atom is 0.295 e. The molecule has 32 heavy (non-hydrogen) atoms. The number of anilines is 1. The monoisotopic (exact) mass is 448 g/mol. The van der Waals surface area contributed by atoms with Crippen molar-refractivity contribution < 1.29 is 9.53 Å². The minimum absolute atomic E-state index is 0.131. The third kappa shape index (κ3) is 4.01. The largest absolute Gasteiger partial charge is 0.494 e. The number of carbonyl (C=O) groups is 1. The van der Waals surface area contributed by atoms with Crippen molar-refractivity contribution in [2.75, 3.05) is 18.2 Å². The number of hydrogen-bond acceptors (Lipinski definition) is 5. The Hall–Kier alpha value is -3.52. The molecular weight excluding hydrogens is 424 g/mol. The fourth-order valence-electron chi connectivity index (χ4n) is 3.63. The zero-order valence-electron chi connectivity index (χ0n) is 18.4. The summed E-state index contributed by atoms with van der Waals surface area (Å²) < 4.78 is 8.71. The van der Waals surface area contributed by atoms with Gasteiger partial charge in [0.1, 0.15) is 17.0 Å². The Labute approximate surface area is 190 Å². The number of fused-ring (bicyclic) bond motifs is 1. The van der Waals surface area contributed by atoms with Crippen molar-refractivity contribution in [1.82, 2.24) is 14.3 Å². The number of rotatable bonds is 6. The zero-order valence-corrected chi connectivity index (χ0v) is 19.2. The van der Waals surface area contributed by atoms with Crippen molar-refractivity contribution in [2.24, 2.45) is 7.05 Å². The second-order valence-electron chi connectivity index (χ2n) is 7.41. The van der Waals surface area contributed by atoms with Gasteiger partial charge in [0, 0.05) is 12.4 Å². The van der Waals surface area contributed by atoms with Crippen LogP contribution in [0.4, 0.5) is 5.69 Å². The van der Waals surface area contributed by atoms with Gasteiger partial charge in [0.05, 0.1) is 29.3 Å². The number of hydrogen-bond donors (Lipinski definition) is 1. The van der Waals surface area contributed by atoms with Crippen LogP contribution in [0.2, 0.25) is 0 Å². The molecule has 164 valence electrons. The lowest BCUT2D eigenvalue weighted by molar-refractivity contribution is -0.113. The van der Waals surface area contributed by atoms with Gasteiger partial charge in [-0.25, -0.2) is 9.67 Å². The number of pyridine rings is 1. The topological polar surface area (TPSA) is 78.1 Å². The van der Waals surface area contributed by atoms with Crippen molar-refractivity contribution in [3.8, 4) is 11.4 Å². The maximum atomic E-state index is 13.0. The van der Waals surface area contributed by atoms with Gasteiger partial charge < -0.3 is 10.1 Å². The third-order valence-electron chi connectivity index (χ3n) is 5.38. The number of benzene rings is 2. The van der Waals surface area contributed by atoms with Gasteiger partial charge in [-0.2, -0.15) is 0 Å². The standard InChI is InChI=1S/C24H24N4O3S/c1-15-13-21(26-23-18(15)11-8-12-19(23)31-4)32-14-20(29)25-22-16(2)27(3)28(24(22)30)17-9-6-5-7-10-17/h5-13H,14H2,1-4H3,(H,25,29). The average Bonchev–Trinajstić information content (AvgIpc) is 3.01. The van der Waals surface area contributed by atoms with Crippen molar-refractivity contribution in [3.05, 3.63) is 76.2 Å². The molecule has 0 saturated heterocycles. The Morgan fingerprint density at radius 3 is 2.59 bits per heavy atom. The van der Waals surface area contributed by atoms with E-state index in [1.54, 1.807) is 23.5 Å². The number of nitrogens with zero attached hydrogens (tertiary/aromatic N) is 3. The van der Waals surface area contributed by atoms with Gasteiger partial charge in [0.2, 0.25) is 5.91 Å². The van der Waals surface area contributed by atoms with Crippen LogP contribution in [0.25, 0.3) is 16.6 Å². The first-order chi connectivity index (χ1) is 15.4. The van der Waals surface area contributed by atoms with Crippen molar-refractivity contribution in [2.45, 2.75) is 18.9 Å². The summed E-state index contributed by atoms with van der Waals surface area (Å²) in [5.74, 6) is 0.561. The maximum absolute atomic E-state index is 13.0. The van der Waals surface area contributed by atoms with Crippen LogP contribution in [-0.2, 0) is 11.8 Å². The number of carbonyl (C=O) groups excluding carboxylic acids is 1. The summed E-state index contributed by atoms with van der Waals surface area (Å²) in [7, 11) is 3.41. The average molecular weight is 449 g/mol. The van der Waals surface area contributed by atoms with E-state index in [2.05, 4.69) is 10.3 Å². The molecule has 2 aromatic carbocycles. The summed E-state index contributed by atoms with van der Waals surface area (Å²) in [6.45, 7) is 3.82. The fraction of sp³-hybridized carbons (Fsp3) is 0.208. The molecule has 0 saturated carbocycles. The Morgan fingerprint density at radius 2 is 1.88 bits per heavy atom. The summed E-state index contributed by atoms with van der Waals surface area (Å²) in [5, 5.41) is 4.52. The molecule has 2 aromatic heterocycles. The van der Waals surface area contributed by atoms with Crippen LogP contribution in [0.1, 0.15) is 11.3 Å². The van der Waals surface area contributed by atoms with Gasteiger partial charge in [0.25, 0.3) is 5.56 Å². The van der Waals surface area contributed by atoms with Gasteiger partial charge in [-0.1, -0.05) is 42.1 Å². The molecule has 1 N–H and O–H groups in total. The van der Waals surface area contributed by atoms with E-state index in [-0.39, 0.29) is 22.9 Å². The highest BCUT2D eigenvalue weighted by Gasteiger charge is 2.18. The van der Waals surface area contributed by atoms with Crippen molar-refractivity contribution >= 4 is 34.3 Å². The highest BCUT2D eigenvalue weighted by molar-refractivity contribution is 7.99. The molecule has 0 radical (unpaired) electrons. The molecule has 0 aliphatic carbocycles. The number of thioether (sulfide) groups is 1. The molecule has 4 aromatic rings. The molecule has 7 nitrogen and oxygen atoms in total. The summed E-state index contributed by atoms with van der Waals surface area (Å²) >= 11 is 1.32. The Kier molecular flexibility index (Phi) is 6.05.